The van der Waals surface area contributed by atoms with Gasteiger partial charge in [-0.2, -0.15) is 0 Å². The Hall–Kier alpha value is -2.77. The number of rotatable bonds is 4. The van der Waals surface area contributed by atoms with E-state index >= 15 is 0 Å². The second-order valence-corrected chi connectivity index (χ2v) is 6.58. The maximum Gasteiger partial charge on any atom is 0.270 e. The van der Waals surface area contributed by atoms with E-state index in [2.05, 4.69) is 10.3 Å². The predicted octanol–water partition coefficient (Wildman–Crippen LogP) is 4.93. The molecule has 3 aromatic rings. The number of aryl methyl sites for hydroxylation is 1. The minimum absolute atomic E-state index is 0.0324. The fourth-order valence-electron chi connectivity index (χ4n) is 2.27. The normalized spacial score (nSPS) is 10.5. The third-order valence-corrected chi connectivity index (χ3v) is 4.91. The van der Waals surface area contributed by atoms with Crippen LogP contribution in [0.5, 0.6) is 0 Å². The van der Waals surface area contributed by atoms with Crippen LogP contribution in [0.4, 0.5) is 10.8 Å². The predicted molar refractivity (Wildman–Crippen MR) is 98.3 cm³/mol. The maximum atomic E-state index is 12.4. The Morgan fingerprint density at radius 2 is 1.96 bits per heavy atom. The quantitative estimate of drug-likeness (QED) is 0.518. The summed E-state index contributed by atoms with van der Waals surface area (Å²) in [5, 5.41) is 14.1. The smallest absolute Gasteiger partial charge is 0.270 e. The molecule has 0 saturated heterocycles. The van der Waals surface area contributed by atoms with Crippen LogP contribution in [0.3, 0.4) is 0 Å². The van der Waals surface area contributed by atoms with E-state index < -0.39 is 10.8 Å². The highest BCUT2D eigenvalue weighted by molar-refractivity contribution is 7.19. The molecule has 1 amide bonds. The van der Waals surface area contributed by atoms with Crippen LogP contribution in [0.1, 0.15) is 16.1 Å². The number of anilines is 1. The number of nitro groups is 1. The summed E-state index contributed by atoms with van der Waals surface area (Å²) in [6.45, 7) is 1.86. The Balaban J connectivity index is 1.87. The van der Waals surface area contributed by atoms with Gasteiger partial charge in [0, 0.05) is 12.1 Å². The first-order chi connectivity index (χ1) is 12.0. The zero-order valence-corrected chi connectivity index (χ0v) is 14.6. The van der Waals surface area contributed by atoms with E-state index in [4.69, 9.17) is 11.6 Å². The monoisotopic (exact) mass is 373 g/mol. The van der Waals surface area contributed by atoms with Gasteiger partial charge in [0.05, 0.1) is 26.1 Å². The molecule has 1 N–H and O–H groups in total. The fourth-order valence-corrected chi connectivity index (χ4v) is 3.44. The number of carbonyl (C=O) groups is 1. The lowest BCUT2D eigenvalue weighted by Gasteiger charge is -2.04. The van der Waals surface area contributed by atoms with Crippen molar-refractivity contribution >= 4 is 39.7 Å². The maximum absolute atomic E-state index is 12.4. The number of nitrogens with zero attached hydrogens (tertiary/aromatic N) is 2. The van der Waals surface area contributed by atoms with Crippen LogP contribution in [-0.2, 0) is 0 Å². The molecule has 1 heterocycles. The number of benzene rings is 2. The second-order valence-electron chi connectivity index (χ2n) is 5.17. The summed E-state index contributed by atoms with van der Waals surface area (Å²) in [7, 11) is 0. The van der Waals surface area contributed by atoms with Crippen LogP contribution >= 0.6 is 22.9 Å². The molecule has 25 heavy (non-hydrogen) atoms. The first-order valence-corrected chi connectivity index (χ1v) is 8.43. The molecule has 0 aliphatic rings. The van der Waals surface area contributed by atoms with Gasteiger partial charge in [0.25, 0.3) is 11.6 Å². The van der Waals surface area contributed by atoms with Crippen molar-refractivity contribution < 1.29 is 9.72 Å². The number of non-ortho nitro benzene ring substituents is 1. The van der Waals surface area contributed by atoms with E-state index in [1.807, 2.05) is 37.3 Å². The first-order valence-electron chi connectivity index (χ1n) is 7.24. The van der Waals surface area contributed by atoms with E-state index in [-0.39, 0.29) is 16.3 Å². The molecular weight excluding hydrogens is 362 g/mol. The molecule has 0 saturated carbocycles. The Labute approximate surface area is 152 Å². The van der Waals surface area contributed by atoms with Crippen molar-refractivity contribution in [3.63, 3.8) is 0 Å². The average Bonchev–Trinajstić information content (AvgIpc) is 2.96. The molecule has 0 spiro atoms. The number of carbonyl (C=O) groups excluding carboxylic acids is 1. The van der Waals surface area contributed by atoms with Crippen molar-refractivity contribution in [3.05, 3.63) is 74.9 Å². The SMILES string of the molecule is Cc1nc(NC(=O)c2cc([N+](=O)[O-])ccc2Cl)sc1-c1ccccc1. The van der Waals surface area contributed by atoms with Crippen molar-refractivity contribution in [2.75, 3.05) is 5.32 Å². The van der Waals surface area contributed by atoms with Crippen LogP contribution in [0.25, 0.3) is 10.4 Å². The number of thiazole rings is 1. The standard InChI is InChI=1S/C17H12ClN3O3S/c1-10-15(11-5-3-2-4-6-11)25-17(19-10)20-16(22)13-9-12(21(23)24)7-8-14(13)18/h2-9H,1H3,(H,19,20,22). The van der Waals surface area contributed by atoms with Gasteiger partial charge in [0.1, 0.15) is 0 Å². The van der Waals surface area contributed by atoms with Gasteiger partial charge in [-0.3, -0.25) is 20.2 Å². The fraction of sp³-hybridized carbons (Fsp3) is 0.0588. The minimum Gasteiger partial charge on any atom is -0.298 e. The van der Waals surface area contributed by atoms with Gasteiger partial charge in [-0.1, -0.05) is 53.3 Å². The van der Waals surface area contributed by atoms with E-state index in [1.165, 1.54) is 23.5 Å². The second kappa shape index (κ2) is 7.00. The third kappa shape index (κ3) is 3.67. The molecule has 8 heteroatoms. The van der Waals surface area contributed by atoms with Crippen LogP contribution in [0, 0.1) is 17.0 Å². The zero-order valence-electron chi connectivity index (χ0n) is 13.0. The van der Waals surface area contributed by atoms with Gasteiger partial charge in [-0.15, -0.1) is 0 Å². The first kappa shape index (κ1) is 17.1. The molecule has 1 aromatic heterocycles. The minimum atomic E-state index is -0.575. The number of hydrogen-bond donors (Lipinski definition) is 1. The van der Waals surface area contributed by atoms with Gasteiger partial charge in [-0.05, 0) is 18.6 Å². The van der Waals surface area contributed by atoms with Gasteiger partial charge in [0.2, 0.25) is 0 Å². The summed E-state index contributed by atoms with van der Waals surface area (Å²) in [4.78, 5) is 28.0. The topological polar surface area (TPSA) is 85.1 Å². The summed E-state index contributed by atoms with van der Waals surface area (Å²) in [6, 6.07) is 13.4. The molecule has 0 radical (unpaired) electrons. The molecule has 3 rings (SSSR count). The molecule has 2 aromatic carbocycles. The third-order valence-electron chi connectivity index (χ3n) is 3.46. The van der Waals surface area contributed by atoms with Crippen molar-refractivity contribution in [3.8, 4) is 10.4 Å². The average molecular weight is 374 g/mol. The zero-order chi connectivity index (χ0) is 18.0. The number of nitro benzene ring substituents is 1. The Morgan fingerprint density at radius 3 is 2.64 bits per heavy atom. The van der Waals surface area contributed by atoms with E-state index in [0.717, 1.165) is 22.2 Å². The molecule has 6 nitrogen and oxygen atoms in total. The number of nitrogens with one attached hydrogen (secondary N) is 1. The van der Waals surface area contributed by atoms with Crippen molar-refractivity contribution in [1.29, 1.82) is 0 Å². The number of hydrogen-bond acceptors (Lipinski definition) is 5. The Kier molecular flexibility index (Phi) is 4.78. The molecule has 0 bridgehead atoms. The number of halogens is 1. The highest BCUT2D eigenvalue weighted by atomic mass is 35.5. The lowest BCUT2D eigenvalue weighted by atomic mass is 10.2. The van der Waals surface area contributed by atoms with Gasteiger partial charge < -0.3 is 0 Å². The van der Waals surface area contributed by atoms with Crippen LogP contribution in [0.15, 0.2) is 48.5 Å². The summed E-state index contributed by atoms with van der Waals surface area (Å²) in [6.07, 6.45) is 0. The van der Waals surface area contributed by atoms with Gasteiger partial charge in [-0.25, -0.2) is 4.98 Å². The summed E-state index contributed by atoms with van der Waals surface area (Å²) < 4.78 is 0. The van der Waals surface area contributed by atoms with Crippen LogP contribution < -0.4 is 5.32 Å². The van der Waals surface area contributed by atoms with Crippen molar-refractivity contribution in [1.82, 2.24) is 4.98 Å². The van der Waals surface area contributed by atoms with Crippen LogP contribution in [-0.4, -0.2) is 15.8 Å². The van der Waals surface area contributed by atoms with Crippen LogP contribution in [0.2, 0.25) is 5.02 Å². The number of aromatic nitrogens is 1. The highest BCUT2D eigenvalue weighted by Crippen LogP contribution is 2.33. The Morgan fingerprint density at radius 1 is 1.24 bits per heavy atom. The molecule has 0 unspecified atom stereocenters. The van der Waals surface area contributed by atoms with E-state index in [9.17, 15) is 14.9 Å². The Bertz CT molecular complexity index is 957. The van der Waals surface area contributed by atoms with Crippen molar-refractivity contribution in [2.45, 2.75) is 6.92 Å². The lowest BCUT2D eigenvalue weighted by molar-refractivity contribution is -0.384. The number of amides is 1. The highest BCUT2D eigenvalue weighted by Gasteiger charge is 2.18. The summed E-state index contributed by atoms with van der Waals surface area (Å²) >= 11 is 7.33. The lowest BCUT2D eigenvalue weighted by Crippen LogP contribution is -2.12. The molecule has 0 aliphatic heterocycles. The van der Waals surface area contributed by atoms with E-state index in [0.29, 0.717) is 5.13 Å². The molecule has 0 aliphatic carbocycles. The van der Waals surface area contributed by atoms with Gasteiger partial charge >= 0.3 is 0 Å². The molecule has 0 fully saturated rings. The largest absolute Gasteiger partial charge is 0.298 e. The molecule has 126 valence electrons. The van der Waals surface area contributed by atoms with Crippen molar-refractivity contribution in [2.24, 2.45) is 0 Å². The molecular formula is C17H12ClN3O3S. The van der Waals surface area contributed by atoms with Gasteiger partial charge in [0.15, 0.2) is 5.13 Å². The van der Waals surface area contributed by atoms with E-state index in [1.54, 1.807) is 0 Å². The summed E-state index contributed by atoms with van der Waals surface area (Å²) in [5.41, 5.74) is 1.63. The molecule has 0 atom stereocenters. The summed E-state index contributed by atoms with van der Waals surface area (Å²) in [5.74, 6) is -0.540.